The number of carbonyl (C=O) groups excluding carboxylic acids is 1. The molecule has 15 heavy (non-hydrogen) atoms. The molecule has 1 aliphatic heterocycles. The molecule has 0 aliphatic carbocycles. The van der Waals surface area contributed by atoms with E-state index in [1.165, 1.54) is 16.8 Å². The Morgan fingerprint density at radius 1 is 1.47 bits per heavy atom. The number of nitrogens with two attached hydrogens (primary N) is 1. The third-order valence-corrected chi connectivity index (χ3v) is 3.18. The van der Waals surface area contributed by atoms with E-state index in [2.05, 4.69) is 5.10 Å². The number of primary amides is 1. The normalized spacial score (nSPS) is 20.2. The van der Waals surface area contributed by atoms with Crippen molar-refractivity contribution in [2.75, 3.05) is 0 Å². The number of thioether (sulfide) groups is 1. The molecule has 1 atom stereocenters. The maximum absolute atomic E-state index is 11.2. The molecule has 1 aromatic carbocycles. The Morgan fingerprint density at radius 3 is 2.73 bits per heavy atom. The fourth-order valence-corrected chi connectivity index (χ4v) is 2.43. The summed E-state index contributed by atoms with van der Waals surface area (Å²) >= 11 is 1.53. The van der Waals surface area contributed by atoms with Crippen LogP contribution in [0.2, 0.25) is 0 Å². The maximum Gasteiger partial charge on any atom is 0.336 e. The topological polar surface area (TPSA) is 58.7 Å². The highest BCUT2D eigenvalue weighted by Crippen LogP contribution is 2.38. The fraction of sp³-hybridized carbons (Fsp3) is 0.200. The van der Waals surface area contributed by atoms with Gasteiger partial charge in [0.05, 0.1) is 5.04 Å². The van der Waals surface area contributed by atoms with E-state index < -0.39 is 6.03 Å². The number of urea groups is 1. The second-order valence-electron chi connectivity index (χ2n) is 3.18. The van der Waals surface area contributed by atoms with Gasteiger partial charge >= 0.3 is 6.03 Å². The van der Waals surface area contributed by atoms with Crippen molar-refractivity contribution in [2.45, 2.75) is 12.3 Å². The van der Waals surface area contributed by atoms with E-state index in [-0.39, 0.29) is 5.37 Å². The van der Waals surface area contributed by atoms with Crippen LogP contribution in [-0.2, 0) is 0 Å². The molecule has 0 fully saturated rings. The molecule has 1 aromatic rings. The lowest BCUT2D eigenvalue weighted by Crippen LogP contribution is -2.31. The largest absolute Gasteiger partial charge is 0.350 e. The van der Waals surface area contributed by atoms with Gasteiger partial charge in [-0.15, -0.1) is 0 Å². The summed E-state index contributed by atoms with van der Waals surface area (Å²) in [5.41, 5.74) is 6.28. The van der Waals surface area contributed by atoms with E-state index in [0.29, 0.717) is 0 Å². The minimum atomic E-state index is -0.520. The van der Waals surface area contributed by atoms with E-state index in [1.807, 2.05) is 37.3 Å². The van der Waals surface area contributed by atoms with E-state index in [4.69, 9.17) is 5.73 Å². The number of amides is 2. The molecule has 1 aliphatic rings. The van der Waals surface area contributed by atoms with E-state index in [0.717, 1.165) is 10.6 Å². The quantitative estimate of drug-likeness (QED) is 0.789. The van der Waals surface area contributed by atoms with Crippen LogP contribution in [-0.4, -0.2) is 16.1 Å². The van der Waals surface area contributed by atoms with E-state index in [1.54, 1.807) is 0 Å². The summed E-state index contributed by atoms with van der Waals surface area (Å²) in [6.07, 6.45) is 0. The van der Waals surface area contributed by atoms with Crippen LogP contribution in [0.3, 0.4) is 0 Å². The van der Waals surface area contributed by atoms with Crippen LogP contribution in [0, 0.1) is 0 Å². The second kappa shape index (κ2) is 3.94. The molecular weight excluding hydrogens is 210 g/mol. The molecule has 4 nitrogen and oxygen atoms in total. The van der Waals surface area contributed by atoms with Gasteiger partial charge in [-0.3, -0.25) is 0 Å². The first-order chi connectivity index (χ1) is 7.18. The van der Waals surface area contributed by atoms with Crippen LogP contribution in [0.4, 0.5) is 4.79 Å². The zero-order valence-corrected chi connectivity index (χ0v) is 9.07. The first kappa shape index (κ1) is 10.0. The molecular formula is C10H11N3OS. The summed E-state index contributed by atoms with van der Waals surface area (Å²) in [4.78, 5) is 11.2. The van der Waals surface area contributed by atoms with Gasteiger partial charge in [0.1, 0.15) is 5.37 Å². The summed E-state index contributed by atoms with van der Waals surface area (Å²) in [5.74, 6) is 0. The van der Waals surface area contributed by atoms with Crippen LogP contribution >= 0.6 is 11.8 Å². The lowest BCUT2D eigenvalue weighted by Gasteiger charge is -2.18. The zero-order valence-electron chi connectivity index (χ0n) is 8.25. The van der Waals surface area contributed by atoms with Gasteiger partial charge in [-0.2, -0.15) is 10.1 Å². The molecule has 0 bridgehead atoms. The van der Waals surface area contributed by atoms with Crippen LogP contribution in [0.25, 0.3) is 0 Å². The summed E-state index contributed by atoms with van der Waals surface area (Å²) in [5, 5.41) is 6.13. The van der Waals surface area contributed by atoms with Crippen molar-refractivity contribution in [3.63, 3.8) is 0 Å². The Kier molecular flexibility index (Phi) is 2.64. The van der Waals surface area contributed by atoms with Gasteiger partial charge in [0.25, 0.3) is 0 Å². The molecule has 1 unspecified atom stereocenters. The number of hydrogen-bond donors (Lipinski definition) is 1. The Hall–Kier alpha value is -1.49. The van der Waals surface area contributed by atoms with Crippen molar-refractivity contribution in [1.29, 1.82) is 0 Å². The van der Waals surface area contributed by atoms with E-state index in [9.17, 15) is 4.79 Å². The van der Waals surface area contributed by atoms with Crippen molar-refractivity contribution < 1.29 is 4.79 Å². The highest BCUT2D eigenvalue weighted by atomic mass is 32.2. The molecule has 0 radical (unpaired) electrons. The number of rotatable bonds is 1. The molecule has 2 N–H and O–H groups in total. The van der Waals surface area contributed by atoms with Crippen LogP contribution < -0.4 is 5.73 Å². The number of nitrogens with zero attached hydrogens (tertiary/aromatic N) is 2. The smallest absolute Gasteiger partial charge is 0.336 e. The molecule has 0 saturated carbocycles. The molecule has 0 saturated heterocycles. The van der Waals surface area contributed by atoms with Crippen molar-refractivity contribution in [1.82, 2.24) is 5.01 Å². The molecule has 0 spiro atoms. The van der Waals surface area contributed by atoms with Crippen LogP contribution in [0.5, 0.6) is 0 Å². The van der Waals surface area contributed by atoms with Gasteiger partial charge in [-0.25, -0.2) is 4.79 Å². The average molecular weight is 221 g/mol. The number of hydrogen-bond acceptors (Lipinski definition) is 3. The first-order valence-corrected chi connectivity index (χ1v) is 5.42. The van der Waals surface area contributed by atoms with Gasteiger partial charge in [0.2, 0.25) is 0 Å². The predicted octanol–water partition coefficient (Wildman–Crippen LogP) is 2.15. The Balaban J connectivity index is 2.28. The minimum Gasteiger partial charge on any atom is -0.350 e. The Labute approximate surface area is 92.1 Å². The van der Waals surface area contributed by atoms with Crippen molar-refractivity contribution in [3.05, 3.63) is 35.9 Å². The van der Waals surface area contributed by atoms with E-state index >= 15 is 0 Å². The lowest BCUT2D eigenvalue weighted by atomic mass is 10.2. The predicted molar refractivity (Wildman–Crippen MR) is 61.3 cm³/mol. The molecule has 78 valence electrons. The molecule has 2 amide bonds. The average Bonchev–Trinajstić information content (AvgIpc) is 2.62. The SMILES string of the molecule is CC1=NN(C(N)=O)C(c2ccccc2)S1. The number of benzene rings is 1. The van der Waals surface area contributed by atoms with Gasteiger partial charge in [-0.05, 0) is 12.5 Å². The Morgan fingerprint density at radius 2 is 2.13 bits per heavy atom. The Bertz CT molecular complexity index is 404. The standard InChI is InChI=1S/C10H11N3OS/c1-7-12-13(10(11)14)9(15-7)8-5-3-2-4-6-8/h2-6,9H,1H3,(H2,11,14). The van der Waals surface area contributed by atoms with Gasteiger partial charge in [-0.1, -0.05) is 42.1 Å². The van der Waals surface area contributed by atoms with Gasteiger partial charge in [0, 0.05) is 0 Å². The molecule has 5 heteroatoms. The number of carbonyl (C=O) groups is 1. The fourth-order valence-electron chi connectivity index (χ4n) is 1.43. The lowest BCUT2D eigenvalue weighted by molar-refractivity contribution is 0.207. The monoisotopic (exact) mass is 221 g/mol. The summed E-state index contributed by atoms with van der Waals surface area (Å²) in [7, 11) is 0. The molecule has 1 heterocycles. The minimum absolute atomic E-state index is 0.122. The van der Waals surface area contributed by atoms with Crippen LogP contribution in [0.1, 0.15) is 17.9 Å². The number of hydrazone groups is 1. The summed E-state index contributed by atoms with van der Waals surface area (Å²) in [6.45, 7) is 1.86. The van der Waals surface area contributed by atoms with Gasteiger partial charge < -0.3 is 5.73 Å². The highest BCUT2D eigenvalue weighted by molar-refractivity contribution is 8.14. The highest BCUT2D eigenvalue weighted by Gasteiger charge is 2.30. The summed E-state index contributed by atoms with van der Waals surface area (Å²) in [6, 6.07) is 9.20. The first-order valence-electron chi connectivity index (χ1n) is 4.54. The molecule has 0 aromatic heterocycles. The van der Waals surface area contributed by atoms with Crippen molar-refractivity contribution >= 4 is 22.8 Å². The summed E-state index contributed by atoms with van der Waals surface area (Å²) < 4.78 is 0. The zero-order chi connectivity index (χ0) is 10.8. The van der Waals surface area contributed by atoms with Gasteiger partial charge in [0.15, 0.2) is 0 Å². The maximum atomic E-state index is 11.2. The second-order valence-corrected chi connectivity index (χ2v) is 4.46. The third-order valence-electron chi connectivity index (χ3n) is 2.06. The molecule has 2 rings (SSSR count). The van der Waals surface area contributed by atoms with Crippen LogP contribution in [0.15, 0.2) is 35.4 Å². The van der Waals surface area contributed by atoms with Crippen molar-refractivity contribution in [2.24, 2.45) is 10.8 Å². The van der Waals surface area contributed by atoms with Crippen molar-refractivity contribution in [3.8, 4) is 0 Å². The third kappa shape index (κ3) is 1.97.